The minimum absolute atomic E-state index is 0.0897. The van der Waals surface area contributed by atoms with E-state index >= 15 is 0 Å². The summed E-state index contributed by atoms with van der Waals surface area (Å²) < 4.78 is 0. The first-order chi connectivity index (χ1) is 9.03. The molecule has 5 heteroatoms. The van der Waals surface area contributed by atoms with Gasteiger partial charge < -0.3 is 5.11 Å². The highest BCUT2D eigenvalue weighted by Crippen LogP contribution is 2.49. The Bertz CT molecular complexity index is 435. The van der Waals surface area contributed by atoms with Gasteiger partial charge in [0.2, 0.25) is 11.8 Å². The van der Waals surface area contributed by atoms with Crippen molar-refractivity contribution in [3.8, 4) is 0 Å². The van der Waals surface area contributed by atoms with Crippen LogP contribution in [0.1, 0.15) is 51.4 Å². The summed E-state index contributed by atoms with van der Waals surface area (Å²) in [5.74, 6) is -0.955. The van der Waals surface area contributed by atoms with E-state index in [4.69, 9.17) is 5.11 Å². The summed E-state index contributed by atoms with van der Waals surface area (Å²) in [6.07, 6.45) is 5.65. The zero-order valence-corrected chi connectivity index (χ0v) is 10.9. The molecular weight excluding hydrogens is 246 g/mol. The van der Waals surface area contributed by atoms with Gasteiger partial charge in [-0.25, -0.2) is 0 Å². The molecule has 0 bridgehead atoms. The van der Waals surface area contributed by atoms with Crippen LogP contribution in [0, 0.1) is 11.3 Å². The van der Waals surface area contributed by atoms with Crippen molar-refractivity contribution in [2.24, 2.45) is 11.3 Å². The first-order valence-electron chi connectivity index (χ1n) is 7.12. The monoisotopic (exact) mass is 265 g/mol. The second-order valence-electron chi connectivity index (χ2n) is 6.24. The van der Waals surface area contributed by atoms with Crippen molar-refractivity contribution in [3.05, 3.63) is 0 Å². The van der Waals surface area contributed by atoms with Crippen LogP contribution in [0.4, 0.5) is 0 Å². The maximum atomic E-state index is 12.6. The fourth-order valence-corrected chi connectivity index (χ4v) is 3.73. The maximum absolute atomic E-state index is 12.6. The number of likely N-dealkylation sites (tertiary alicyclic amines) is 1. The van der Waals surface area contributed by atoms with Gasteiger partial charge in [0.05, 0.1) is 17.9 Å². The van der Waals surface area contributed by atoms with Gasteiger partial charge in [-0.1, -0.05) is 12.8 Å². The Morgan fingerprint density at radius 3 is 2.47 bits per heavy atom. The maximum Gasteiger partial charge on any atom is 0.305 e. The van der Waals surface area contributed by atoms with Gasteiger partial charge in [-0.2, -0.15) is 0 Å². The fraction of sp³-hybridized carbons (Fsp3) is 0.786. The van der Waals surface area contributed by atoms with Crippen LogP contribution in [0.2, 0.25) is 0 Å². The number of amides is 2. The largest absolute Gasteiger partial charge is 0.481 e. The van der Waals surface area contributed by atoms with Crippen molar-refractivity contribution in [2.45, 2.75) is 57.4 Å². The molecule has 3 fully saturated rings. The van der Waals surface area contributed by atoms with Crippen LogP contribution in [0.15, 0.2) is 0 Å². The summed E-state index contributed by atoms with van der Waals surface area (Å²) in [4.78, 5) is 37.1. The summed E-state index contributed by atoms with van der Waals surface area (Å²) in [5, 5.41) is 9.00. The smallest absolute Gasteiger partial charge is 0.305 e. The Kier molecular flexibility index (Phi) is 2.87. The zero-order valence-electron chi connectivity index (χ0n) is 10.9. The van der Waals surface area contributed by atoms with E-state index in [1.807, 2.05) is 0 Å². The Hall–Kier alpha value is -1.39. The molecule has 0 aromatic heterocycles. The molecule has 0 aromatic rings. The average Bonchev–Trinajstić information content (AvgIpc) is 3.03. The van der Waals surface area contributed by atoms with Gasteiger partial charge in [0.1, 0.15) is 0 Å². The number of carbonyl (C=O) groups excluding carboxylic acids is 2. The topological polar surface area (TPSA) is 74.7 Å². The van der Waals surface area contributed by atoms with Gasteiger partial charge in [-0.05, 0) is 31.6 Å². The standard InChI is InChI=1S/C14H19NO4/c16-11-8-14(5-1-2-6-14)13(19)15(11)10(7-12(17)18)9-3-4-9/h9-10H,1-8H2,(H,17,18). The molecule has 3 aliphatic rings. The van der Waals surface area contributed by atoms with Crippen LogP contribution < -0.4 is 0 Å². The Balaban J connectivity index is 1.84. The van der Waals surface area contributed by atoms with Gasteiger partial charge in [-0.15, -0.1) is 0 Å². The Labute approximate surface area is 112 Å². The molecule has 2 amide bonds. The predicted octanol–water partition coefficient (Wildman–Crippen LogP) is 1.56. The zero-order chi connectivity index (χ0) is 13.6. The summed E-state index contributed by atoms with van der Waals surface area (Å²) in [6.45, 7) is 0. The SMILES string of the molecule is O=C(O)CC(C1CC1)N1C(=O)CC2(CCCC2)C1=O. The molecule has 0 radical (unpaired) electrons. The highest BCUT2D eigenvalue weighted by molar-refractivity contribution is 6.06. The minimum atomic E-state index is -0.926. The fourth-order valence-electron chi connectivity index (χ4n) is 3.73. The lowest BCUT2D eigenvalue weighted by Crippen LogP contribution is -2.44. The highest BCUT2D eigenvalue weighted by atomic mass is 16.4. The molecule has 2 saturated carbocycles. The normalized spacial score (nSPS) is 27.3. The van der Waals surface area contributed by atoms with Crippen molar-refractivity contribution >= 4 is 17.8 Å². The molecule has 104 valence electrons. The van der Waals surface area contributed by atoms with Gasteiger partial charge in [0, 0.05) is 6.42 Å². The summed E-state index contributed by atoms with van der Waals surface area (Å²) >= 11 is 0. The molecule has 1 heterocycles. The molecule has 3 rings (SSSR count). The second-order valence-corrected chi connectivity index (χ2v) is 6.24. The summed E-state index contributed by atoms with van der Waals surface area (Å²) in [7, 11) is 0. The van der Waals surface area contributed by atoms with Gasteiger partial charge >= 0.3 is 5.97 Å². The number of hydrogen-bond acceptors (Lipinski definition) is 3. The first-order valence-corrected chi connectivity index (χ1v) is 7.12. The van der Waals surface area contributed by atoms with Gasteiger partial charge in [-0.3, -0.25) is 19.3 Å². The molecule has 5 nitrogen and oxygen atoms in total. The van der Waals surface area contributed by atoms with Gasteiger partial charge in [0.25, 0.3) is 0 Å². The third-order valence-corrected chi connectivity index (χ3v) is 4.87. The van der Waals surface area contributed by atoms with Crippen molar-refractivity contribution in [2.75, 3.05) is 0 Å². The third-order valence-electron chi connectivity index (χ3n) is 4.87. The quantitative estimate of drug-likeness (QED) is 0.783. The number of carboxylic acids is 1. The highest BCUT2D eigenvalue weighted by Gasteiger charge is 2.56. The van der Waals surface area contributed by atoms with Crippen LogP contribution in [0.25, 0.3) is 0 Å². The molecule has 19 heavy (non-hydrogen) atoms. The Morgan fingerprint density at radius 1 is 1.32 bits per heavy atom. The average molecular weight is 265 g/mol. The van der Waals surface area contributed by atoms with Crippen molar-refractivity contribution in [1.29, 1.82) is 0 Å². The van der Waals surface area contributed by atoms with Crippen LogP contribution >= 0.6 is 0 Å². The molecule has 1 unspecified atom stereocenters. The third kappa shape index (κ3) is 2.05. The van der Waals surface area contributed by atoms with Crippen molar-refractivity contribution in [1.82, 2.24) is 4.90 Å². The van der Waals surface area contributed by atoms with E-state index in [1.54, 1.807) is 0 Å². The predicted molar refractivity (Wildman–Crippen MR) is 66.1 cm³/mol. The number of carbonyl (C=O) groups is 3. The molecule has 1 aliphatic heterocycles. The molecule has 1 N–H and O–H groups in total. The van der Waals surface area contributed by atoms with E-state index in [-0.39, 0.29) is 24.2 Å². The minimum Gasteiger partial charge on any atom is -0.481 e. The van der Waals surface area contributed by atoms with E-state index in [9.17, 15) is 14.4 Å². The van der Waals surface area contributed by atoms with Crippen molar-refractivity contribution < 1.29 is 19.5 Å². The number of rotatable bonds is 4. The van der Waals surface area contributed by atoms with Crippen LogP contribution in [0.5, 0.6) is 0 Å². The van der Waals surface area contributed by atoms with E-state index < -0.39 is 17.4 Å². The van der Waals surface area contributed by atoms with Crippen LogP contribution in [0.3, 0.4) is 0 Å². The van der Waals surface area contributed by atoms with Crippen LogP contribution in [-0.4, -0.2) is 33.8 Å². The molecule has 1 saturated heterocycles. The molecule has 1 spiro atoms. The number of hydrogen-bond donors (Lipinski definition) is 1. The van der Waals surface area contributed by atoms with E-state index in [1.165, 1.54) is 4.90 Å². The first kappa shape index (κ1) is 12.6. The molecule has 0 aromatic carbocycles. The molecule has 1 atom stereocenters. The number of imide groups is 1. The van der Waals surface area contributed by atoms with E-state index in [2.05, 4.69) is 0 Å². The number of nitrogens with zero attached hydrogens (tertiary/aromatic N) is 1. The summed E-state index contributed by atoms with van der Waals surface area (Å²) in [5.41, 5.74) is -0.483. The molecule has 2 aliphatic carbocycles. The molecular formula is C14H19NO4. The summed E-state index contributed by atoms with van der Waals surface area (Å²) in [6, 6.07) is -0.405. The lowest BCUT2D eigenvalue weighted by molar-refractivity contribution is -0.147. The lowest BCUT2D eigenvalue weighted by atomic mass is 9.84. The second kappa shape index (κ2) is 4.32. The van der Waals surface area contributed by atoms with E-state index in [0.29, 0.717) is 6.42 Å². The number of aliphatic carboxylic acids is 1. The Morgan fingerprint density at radius 2 is 1.95 bits per heavy atom. The lowest BCUT2D eigenvalue weighted by Gasteiger charge is -2.27. The van der Waals surface area contributed by atoms with Gasteiger partial charge in [0.15, 0.2) is 0 Å². The van der Waals surface area contributed by atoms with E-state index in [0.717, 1.165) is 38.5 Å². The van der Waals surface area contributed by atoms with Crippen molar-refractivity contribution in [3.63, 3.8) is 0 Å². The van der Waals surface area contributed by atoms with Crippen LogP contribution in [-0.2, 0) is 14.4 Å². The number of carboxylic acid groups (broad SMARTS) is 1.